The lowest BCUT2D eigenvalue weighted by Crippen LogP contribution is -2.40. The fraction of sp³-hybridized carbons (Fsp3) is 0.406. The van der Waals surface area contributed by atoms with Crippen LogP contribution in [0.25, 0.3) is 0 Å². The van der Waals surface area contributed by atoms with Crippen molar-refractivity contribution in [1.29, 1.82) is 0 Å². The van der Waals surface area contributed by atoms with Crippen molar-refractivity contribution in [1.82, 2.24) is 10.0 Å². The van der Waals surface area contributed by atoms with E-state index >= 15 is 0 Å². The number of hydrogen-bond donors (Lipinski definition) is 4. The second kappa shape index (κ2) is 13.5. The van der Waals surface area contributed by atoms with E-state index in [-0.39, 0.29) is 48.3 Å². The minimum absolute atomic E-state index is 0.0448. The first-order valence-electron chi connectivity index (χ1n) is 14.0. The van der Waals surface area contributed by atoms with E-state index in [9.17, 15) is 23.4 Å². The molecule has 0 saturated heterocycles. The van der Waals surface area contributed by atoms with Crippen LogP contribution in [0.2, 0.25) is 0 Å². The van der Waals surface area contributed by atoms with Crippen molar-refractivity contribution in [2.45, 2.75) is 62.5 Å². The van der Waals surface area contributed by atoms with Gasteiger partial charge in [0.2, 0.25) is 15.9 Å². The minimum Gasteiger partial charge on any atom is -0.396 e. The molecule has 0 spiro atoms. The number of carbonyl (C=O) groups excluding carboxylic acids is 1. The van der Waals surface area contributed by atoms with Crippen LogP contribution in [-0.2, 0) is 27.7 Å². The molecule has 0 fully saturated rings. The number of aryl methyl sites for hydroxylation is 1. The van der Waals surface area contributed by atoms with Crippen LogP contribution in [0, 0.1) is 11.8 Å². The predicted octanol–water partition coefficient (Wildman–Crippen LogP) is 4.11. The maximum atomic E-state index is 13.6. The fourth-order valence-corrected chi connectivity index (χ4v) is 6.46. The van der Waals surface area contributed by atoms with Gasteiger partial charge >= 0.3 is 0 Å². The first kappa shape index (κ1) is 29.9. The Kier molecular flexibility index (Phi) is 10.1. The Bertz CT molecular complexity index is 1360. The normalized spacial score (nSPS) is 18.3. The summed E-state index contributed by atoms with van der Waals surface area (Å²) in [5.74, 6) is -0.579. The monoisotopic (exact) mass is 564 g/mol. The largest absolute Gasteiger partial charge is 0.396 e. The Morgan fingerprint density at radius 1 is 0.975 bits per heavy atom. The SMILES string of the molecule is CC(C)c1ccc(S(=O)(=O)NC[C@@H](O)C[C@@H](CCc2ccccc2)C(=O)N[C@H]2c3ccccc3CC2CO)cc1. The molecule has 3 aromatic rings. The predicted molar refractivity (Wildman–Crippen MR) is 156 cm³/mol. The summed E-state index contributed by atoms with van der Waals surface area (Å²) in [6.07, 6.45) is 0.875. The number of benzene rings is 3. The molecule has 7 nitrogen and oxygen atoms in total. The quantitative estimate of drug-likeness (QED) is 0.249. The molecule has 214 valence electrons. The van der Waals surface area contributed by atoms with Crippen LogP contribution in [0.4, 0.5) is 0 Å². The van der Waals surface area contributed by atoms with E-state index in [1.807, 2.05) is 68.4 Å². The van der Waals surface area contributed by atoms with Gasteiger partial charge in [-0.25, -0.2) is 13.1 Å². The van der Waals surface area contributed by atoms with E-state index in [0.717, 1.165) is 22.3 Å². The molecule has 4 rings (SSSR count). The van der Waals surface area contributed by atoms with Crippen LogP contribution in [-0.4, -0.2) is 43.8 Å². The highest BCUT2D eigenvalue weighted by Gasteiger charge is 2.34. The maximum absolute atomic E-state index is 13.6. The molecule has 1 aliphatic carbocycles. The van der Waals surface area contributed by atoms with Gasteiger partial charge in [0.15, 0.2) is 0 Å². The lowest BCUT2D eigenvalue weighted by molar-refractivity contribution is -0.127. The van der Waals surface area contributed by atoms with Crippen LogP contribution in [0.15, 0.2) is 83.8 Å². The molecule has 4 N–H and O–H groups in total. The molecule has 0 heterocycles. The van der Waals surface area contributed by atoms with E-state index in [0.29, 0.717) is 19.3 Å². The van der Waals surface area contributed by atoms with Gasteiger partial charge in [-0.05, 0) is 66.0 Å². The van der Waals surface area contributed by atoms with Crippen LogP contribution < -0.4 is 10.0 Å². The van der Waals surface area contributed by atoms with Crippen molar-refractivity contribution in [3.63, 3.8) is 0 Å². The van der Waals surface area contributed by atoms with E-state index in [1.54, 1.807) is 24.3 Å². The van der Waals surface area contributed by atoms with Crippen molar-refractivity contribution in [3.8, 4) is 0 Å². The third-order valence-electron chi connectivity index (χ3n) is 7.79. The molecule has 1 amide bonds. The number of rotatable bonds is 13. The van der Waals surface area contributed by atoms with Crippen LogP contribution >= 0.6 is 0 Å². The number of amides is 1. The van der Waals surface area contributed by atoms with Crippen molar-refractivity contribution in [3.05, 3.63) is 101 Å². The van der Waals surface area contributed by atoms with Crippen molar-refractivity contribution >= 4 is 15.9 Å². The molecule has 0 aromatic heterocycles. The second-order valence-electron chi connectivity index (χ2n) is 11.0. The average molecular weight is 565 g/mol. The summed E-state index contributed by atoms with van der Waals surface area (Å²) in [5, 5.41) is 24.0. The molecule has 4 atom stereocenters. The lowest BCUT2D eigenvalue weighted by atomic mass is 9.92. The Balaban J connectivity index is 1.43. The number of aliphatic hydroxyl groups is 2. The van der Waals surface area contributed by atoms with Gasteiger partial charge < -0.3 is 15.5 Å². The average Bonchev–Trinajstić information content (AvgIpc) is 3.32. The molecule has 40 heavy (non-hydrogen) atoms. The van der Waals surface area contributed by atoms with Crippen LogP contribution in [0.5, 0.6) is 0 Å². The summed E-state index contributed by atoms with van der Waals surface area (Å²) in [7, 11) is -3.81. The van der Waals surface area contributed by atoms with E-state index in [2.05, 4.69) is 10.0 Å². The Morgan fingerprint density at radius 2 is 1.65 bits per heavy atom. The summed E-state index contributed by atoms with van der Waals surface area (Å²) >= 11 is 0. The van der Waals surface area contributed by atoms with Crippen molar-refractivity contribution < 1.29 is 23.4 Å². The number of fused-ring (bicyclic) bond motifs is 1. The summed E-state index contributed by atoms with van der Waals surface area (Å²) in [6, 6.07) is 24.1. The van der Waals surface area contributed by atoms with Gasteiger partial charge in [0.1, 0.15) is 0 Å². The Morgan fingerprint density at radius 3 is 2.33 bits per heavy atom. The molecule has 3 aromatic carbocycles. The van der Waals surface area contributed by atoms with Gasteiger partial charge in [-0.1, -0.05) is 80.6 Å². The Labute approximate surface area is 237 Å². The van der Waals surface area contributed by atoms with Crippen LogP contribution in [0.1, 0.15) is 60.9 Å². The number of sulfonamides is 1. The summed E-state index contributed by atoms with van der Waals surface area (Å²) in [6.45, 7) is 3.83. The number of hydrogen-bond acceptors (Lipinski definition) is 5. The number of aliphatic hydroxyl groups excluding tert-OH is 2. The smallest absolute Gasteiger partial charge is 0.240 e. The molecule has 0 bridgehead atoms. The Hall–Kier alpha value is -3.04. The molecule has 1 aliphatic rings. The van der Waals surface area contributed by atoms with E-state index < -0.39 is 22.0 Å². The van der Waals surface area contributed by atoms with Gasteiger partial charge in [0.25, 0.3) is 0 Å². The molecule has 0 saturated carbocycles. The summed E-state index contributed by atoms with van der Waals surface area (Å²) < 4.78 is 28.2. The molecule has 1 unspecified atom stereocenters. The molecular formula is C32H40N2O5S. The van der Waals surface area contributed by atoms with Gasteiger partial charge in [-0.2, -0.15) is 0 Å². The number of carbonyl (C=O) groups is 1. The van der Waals surface area contributed by atoms with Crippen molar-refractivity contribution in [2.75, 3.05) is 13.2 Å². The van der Waals surface area contributed by atoms with Crippen LogP contribution in [0.3, 0.4) is 0 Å². The first-order valence-corrected chi connectivity index (χ1v) is 15.5. The molecule has 8 heteroatoms. The third kappa shape index (κ3) is 7.57. The lowest BCUT2D eigenvalue weighted by Gasteiger charge is -2.25. The minimum atomic E-state index is -3.81. The molecule has 0 aliphatic heterocycles. The van der Waals surface area contributed by atoms with Gasteiger partial charge in [0, 0.05) is 25.0 Å². The summed E-state index contributed by atoms with van der Waals surface area (Å²) in [5.41, 5.74) is 4.25. The highest BCUT2D eigenvalue weighted by atomic mass is 32.2. The topological polar surface area (TPSA) is 116 Å². The maximum Gasteiger partial charge on any atom is 0.240 e. The highest BCUT2D eigenvalue weighted by Crippen LogP contribution is 2.36. The zero-order valence-corrected chi connectivity index (χ0v) is 24.0. The summed E-state index contributed by atoms with van der Waals surface area (Å²) in [4.78, 5) is 13.7. The molecular weight excluding hydrogens is 524 g/mol. The standard InChI is InChI=1S/C32H40N2O5S/c1-22(2)24-14-16-29(17-15-24)40(38,39)33-20-28(36)19-26(13-12-23-8-4-3-5-9-23)32(37)34-31-27(21-35)18-25-10-6-7-11-30(25)31/h3-11,14-17,22,26-28,31,33,35-36H,12-13,18-21H2,1-2H3,(H,34,37)/t26-,27?,28+,31-/m1/s1. The van der Waals surface area contributed by atoms with Gasteiger partial charge in [0.05, 0.1) is 17.0 Å². The zero-order valence-electron chi connectivity index (χ0n) is 23.2. The van der Waals surface area contributed by atoms with Gasteiger partial charge in [-0.15, -0.1) is 0 Å². The second-order valence-corrected chi connectivity index (χ2v) is 12.8. The van der Waals surface area contributed by atoms with Gasteiger partial charge in [-0.3, -0.25) is 4.79 Å². The third-order valence-corrected chi connectivity index (χ3v) is 9.23. The fourth-order valence-electron chi connectivity index (χ4n) is 5.39. The number of nitrogens with one attached hydrogen (secondary N) is 2. The van der Waals surface area contributed by atoms with Crippen molar-refractivity contribution in [2.24, 2.45) is 11.8 Å². The first-order chi connectivity index (χ1) is 19.2. The highest BCUT2D eigenvalue weighted by molar-refractivity contribution is 7.89. The van der Waals surface area contributed by atoms with E-state index in [4.69, 9.17) is 0 Å². The molecule has 0 radical (unpaired) electrons. The van der Waals surface area contributed by atoms with E-state index in [1.165, 1.54) is 0 Å². The zero-order chi connectivity index (χ0) is 28.7.